The van der Waals surface area contributed by atoms with Crippen molar-refractivity contribution in [1.82, 2.24) is 0 Å². The minimum Gasteiger partial charge on any atom is -0.201 e. The first-order valence-corrected chi connectivity index (χ1v) is 12.6. The molecule has 0 unspecified atom stereocenters. The highest BCUT2D eigenvalue weighted by molar-refractivity contribution is 8.76. The van der Waals surface area contributed by atoms with Crippen LogP contribution in [0.4, 0.5) is 32.0 Å². The molecule has 0 saturated carbocycles. The molecular formula is C8H5F6NO8S4. The molecule has 19 heteroatoms. The standard InChI is InChI=1S/C8H5F6NO8S4/c9-7(10,11)24(16,17)26(20,21)15(6-4-2-1-3-5-6)27(22,23)25(18,19)8(12,13)14/h1-5H. The fourth-order valence-electron chi connectivity index (χ4n) is 1.34. The van der Waals surface area contributed by atoms with E-state index in [0.29, 0.717) is 12.1 Å². The van der Waals surface area contributed by atoms with Gasteiger partial charge in [-0.1, -0.05) is 18.2 Å². The fraction of sp³-hybridized carbons (Fsp3) is 0.250. The number of para-hydroxylation sites is 1. The lowest BCUT2D eigenvalue weighted by atomic mass is 10.3. The van der Waals surface area contributed by atoms with Gasteiger partial charge in [0.05, 0.1) is 5.69 Å². The summed E-state index contributed by atoms with van der Waals surface area (Å²) in [6.07, 6.45) is 0. The Morgan fingerprint density at radius 3 is 1.15 bits per heavy atom. The average molecular weight is 485 g/mol. The summed E-state index contributed by atoms with van der Waals surface area (Å²) in [4.78, 5) is 0. The molecule has 0 aliphatic carbocycles. The van der Waals surface area contributed by atoms with Crippen molar-refractivity contribution in [2.24, 2.45) is 0 Å². The van der Waals surface area contributed by atoms with Gasteiger partial charge in [0.15, 0.2) is 0 Å². The van der Waals surface area contributed by atoms with Gasteiger partial charge in [-0.05, 0) is 12.1 Å². The van der Waals surface area contributed by atoms with Crippen LogP contribution in [0.2, 0.25) is 0 Å². The van der Waals surface area contributed by atoms with E-state index in [1.165, 1.54) is 0 Å². The number of hydrogen-bond donors (Lipinski definition) is 0. The molecule has 156 valence electrons. The third-order valence-electron chi connectivity index (χ3n) is 2.49. The van der Waals surface area contributed by atoms with Crippen LogP contribution in [0.5, 0.6) is 0 Å². The second kappa shape index (κ2) is 6.48. The number of alkyl halides is 6. The Kier molecular flexibility index (Phi) is 5.63. The normalized spacial score (nSPS) is 14.7. The van der Waals surface area contributed by atoms with E-state index in [1.54, 1.807) is 0 Å². The van der Waals surface area contributed by atoms with Crippen LogP contribution in [0.15, 0.2) is 30.3 Å². The average Bonchev–Trinajstić information content (AvgIpc) is 2.45. The Bertz CT molecular complexity index is 1060. The zero-order chi connectivity index (χ0) is 21.7. The molecule has 0 bridgehead atoms. The Morgan fingerprint density at radius 1 is 0.593 bits per heavy atom. The van der Waals surface area contributed by atoms with E-state index in [9.17, 15) is 60.0 Å². The van der Waals surface area contributed by atoms with Gasteiger partial charge in [-0.25, -0.2) is 16.8 Å². The van der Waals surface area contributed by atoms with Gasteiger partial charge in [-0.3, -0.25) is 0 Å². The van der Waals surface area contributed by atoms with Crippen LogP contribution in [-0.2, 0) is 35.8 Å². The molecule has 0 fully saturated rings. The molecule has 0 radical (unpaired) electrons. The highest BCUT2D eigenvalue weighted by Crippen LogP contribution is 2.38. The first kappa shape index (κ1) is 23.4. The molecular weight excluding hydrogens is 480 g/mol. The zero-order valence-electron chi connectivity index (χ0n) is 12.0. The minimum atomic E-state index is -7.53. The van der Waals surface area contributed by atoms with Gasteiger partial charge in [-0.2, -0.15) is 43.2 Å². The molecule has 0 aliphatic rings. The molecule has 0 N–H and O–H groups in total. The maximum atomic E-state index is 12.6. The maximum absolute atomic E-state index is 12.6. The summed E-state index contributed by atoms with van der Waals surface area (Å²) in [6, 6.07) is 2.87. The van der Waals surface area contributed by atoms with E-state index in [-0.39, 0.29) is 12.1 Å². The van der Waals surface area contributed by atoms with Crippen LogP contribution in [0.25, 0.3) is 0 Å². The van der Waals surface area contributed by atoms with E-state index >= 15 is 0 Å². The largest absolute Gasteiger partial charge is 0.513 e. The van der Waals surface area contributed by atoms with Crippen molar-refractivity contribution in [3.8, 4) is 0 Å². The second-order valence-corrected chi connectivity index (χ2v) is 14.8. The van der Waals surface area contributed by atoms with Crippen LogP contribution in [0.1, 0.15) is 0 Å². The lowest BCUT2D eigenvalue weighted by molar-refractivity contribution is -0.0418. The highest BCUT2D eigenvalue weighted by atomic mass is 33.2. The predicted octanol–water partition coefficient (Wildman–Crippen LogP) is 0.852. The lowest BCUT2D eigenvalue weighted by Crippen LogP contribution is -2.49. The van der Waals surface area contributed by atoms with E-state index < -0.39 is 56.3 Å². The number of rotatable bonds is 5. The molecule has 1 rings (SSSR count). The van der Waals surface area contributed by atoms with Crippen molar-refractivity contribution in [3.63, 3.8) is 0 Å². The summed E-state index contributed by atoms with van der Waals surface area (Å²) >= 11 is 0. The third-order valence-corrected chi connectivity index (χ3v) is 13.1. The van der Waals surface area contributed by atoms with Crippen LogP contribution >= 0.6 is 0 Å². The molecule has 0 spiro atoms. The maximum Gasteiger partial charge on any atom is 0.513 e. The van der Waals surface area contributed by atoms with Gasteiger partial charge in [0, 0.05) is 0 Å². The van der Waals surface area contributed by atoms with Gasteiger partial charge >= 0.3 is 46.9 Å². The molecule has 0 saturated heterocycles. The summed E-state index contributed by atoms with van der Waals surface area (Å²) in [7, 11) is -29.6. The number of anilines is 1. The minimum absolute atomic E-state index is 0.257. The first-order chi connectivity index (χ1) is 11.7. The highest BCUT2D eigenvalue weighted by Gasteiger charge is 2.65. The summed E-state index contributed by atoms with van der Waals surface area (Å²) < 4.78 is 166. The topological polar surface area (TPSA) is 140 Å². The van der Waals surface area contributed by atoms with Gasteiger partial charge in [0.1, 0.15) is 0 Å². The Morgan fingerprint density at radius 2 is 0.889 bits per heavy atom. The zero-order valence-corrected chi connectivity index (χ0v) is 15.3. The first-order valence-electron chi connectivity index (χ1n) is 5.71. The summed E-state index contributed by atoms with van der Waals surface area (Å²) in [5.74, 6) is 0. The van der Waals surface area contributed by atoms with Crippen LogP contribution in [-0.4, -0.2) is 44.7 Å². The molecule has 0 aromatic heterocycles. The molecule has 0 aliphatic heterocycles. The Labute approximate surface area is 146 Å². The smallest absolute Gasteiger partial charge is 0.201 e. The molecule has 1 aromatic rings. The number of halogens is 6. The lowest BCUT2D eigenvalue weighted by Gasteiger charge is -2.24. The summed E-state index contributed by atoms with van der Waals surface area (Å²) in [5, 5.41) is 0. The van der Waals surface area contributed by atoms with E-state index in [0.717, 1.165) is 6.07 Å². The Hall–Kier alpha value is -1.60. The molecule has 0 heterocycles. The van der Waals surface area contributed by atoms with Gasteiger partial charge < -0.3 is 0 Å². The van der Waals surface area contributed by atoms with Crippen molar-refractivity contribution >= 4 is 41.5 Å². The number of hydrogen-bond acceptors (Lipinski definition) is 8. The molecule has 9 nitrogen and oxygen atoms in total. The summed E-state index contributed by atoms with van der Waals surface area (Å²) in [5.41, 5.74) is -15.0. The van der Waals surface area contributed by atoms with Crippen molar-refractivity contribution in [2.75, 3.05) is 3.71 Å². The van der Waals surface area contributed by atoms with Crippen molar-refractivity contribution < 1.29 is 60.0 Å². The van der Waals surface area contributed by atoms with Gasteiger partial charge in [0.25, 0.3) is 0 Å². The van der Waals surface area contributed by atoms with Crippen LogP contribution < -0.4 is 3.71 Å². The van der Waals surface area contributed by atoms with Gasteiger partial charge in [-0.15, -0.1) is 3.71 Å². The number of benzene rings is 1. The molecule has 1 aromatic carbocycles. The van der Waals surface area contributed by atoms with Crippen LogP contribution in [0.3, 0.4) is 0 Å². The van der Waals surface area contributed by atoms with Crippen molar-refractivity contribution in [2.45, 2.75) is 11.0 Å². The van der Waals surface area contributed by atoms with E-state index in [2.05, 4.69) is 0 Å². The number of nitrogens with zero attached hydrogens (tertiary/aromatic N) is 1. The van der Waals surface area contributed by atoms with E-state index in [1.807, 2.05) is 0 Å². The molecule has 27 heavy (non-hydrogen) atoms. The third kappa shape index (κ3) is 3.59. The van der Waals surface area contributed by atoms with Gasteiger partial charge in [0.2, 0.25) is 0 Å². The fourth-order valence-corrected chi connectivity index (χ4v) is 10.1. The van der Waals surface area contributed by atoms with Crippen LogP contribution in [0, 0.1) is 0 Å². The van der Waals surface area contributed by atoms with E-state index in [4.69, 9.17) is 0 Å². The van der Waals surface area contributed by atoms with Crippen molar-refractivity contribution in [1.29, 1.82) is 0 Å². The predicted molar refractivity (Wildman–Crippen MR) is 76.7 cm³/mol. The van der Waals surface area contributed by atoms with Crippen molar-refractivity contribution in [3.05, 3.63) is 30.3 Å². The SMILES string of the molecule is O=S(=O)(N(c1ccccc1)S(=O)(=O)S(=O)(=O)C(F)(F)F)S(=O)(=O)C(F)(F)F. The second-order valence-electron chi connectivity index (χ2n) is 4.25. The summed E-state index contributed by atoms with van der Waals surface area (Å²) in [6.45, 7) is 0. The molecule has 0 amide bonds. The quantitative estimate of drug-likeness (QED) is 0.442. The molecule has 0 atom stereocenters. The Balaban J connectivity index is 4.06. The monoisotopic (exact) mass is 485 g/mol.